The Morgan fingerprint density at radius 1 is 1.14 bits per heavy atom. The molecule has 2 rings (SSSR count). The van der Waals surface area contributed by atoms with E-state index >= 15 is 0 Å². The number of likely N-dealkylation sites (tertiary alicyclic amines) is 1. The van der Waals surface area contributed by atoms with E-state index in [1.165, 1.54) is 18.6 Å². The van der Waals surface area contributed by atoms with E-state index in [-0.39, 0.29) is 28.9 Å². The minimum absolute atomic E-state index is 0. The maximum atomic E-state index is 11.1. The number of aliphatic imine (C=N–C) groups is 1. The van der Waals surface area contributed by atoms with Crippen LogP contribution in [0.5, 0.6) is 0 Å². The molecule has 1 aromatic rings. The van der Waals surface area contributed by atoms with Gasteiger partial charge in [0.15, 0.2) is 5.96 Å². The van der Waals surface area contributed by atoms with Crippen LogP contribution in [0.1, 0.15) is 24.8 Å². The average molecular weight is 424 g/mol. The highest BCUT2D eigenvalue weighted by molar-refractivity contribution is 14.0. The Hall–Kier alpha value is -0.870. The molecular weight excluding hydrogens is 403 g/mol. The van der Waals surface area contributed by atoms with Gasteiger partial charge in [-0.25, -0.2) is 18.5 Å². The average Bonchev–Trinajstić information content (AvgIpc) is 2.45. The van der Waals surface area contributed by atoms with Crippen molar-refractivity contribution in [3.63, 3.8) is 0 Å². The lowest BCUT2D eigenvalue weighted by atomic mass is 10.1. The summed E-state index contributed by atoms with van der Waals surface area (Å²) < 4.78 is 22.3. The zero-order valence-corrected chi connectivity index (χ0v) is 14.9. The van der Waals surface area contributed by atoms with E-state index in [1.807, 2.05) is 0 Å². The van der Waals surface area contributed by atoms with Crippen molar-refractivity contribution in [3.05, 3.63) is 29.8 Å². The third-order valence-corrected chi connectivity index (χ3v) is 4.28. The highest BCUT2D eigenvalue weighted by atomic mass is 127. The topological polar surface area (TPSA) is 102 Å². The van der Waals surface area contributed by atoms with E-state index < -0.39 is 10.0 Å². The summed E-state index contributed by atoms with van der Waals surface area (Å²) in [6, 6.07) is 6.37. The standard InChI is InChI=1S/C13H20N4O2S.HI/c14-13(17-8-2-1-3-9-17)16-10-11-4-6-12(7-5-11)20(15,18)19;/h4-7H,1-3,8-10H2,(H2,14,16)(H2,15,18,19);1H. The summed E-state index contributed by atoms with van der Waals surface area (Å²) in [6.45, 7) is 2.35. The molecule has 1 aliphatic heterocycles. The van der Waals surface area contributed by atoms with E-state index in [9.17, 15) is 8.42 Å². The Kier molecular flexibility index (Phi) is 6.88. The van der Waals surface area contributed by atoms with E-state index in [2.05, 4.69) is 9.89 Å². The van der Waals surface area contributed by atoms with Gasteiger partial charge in [0.25, 0.3) is 0 Å². The van der Waals surface area contributed by atoms with E-state index in [0.717, 1.165) is 31.5 Å². The van der Waals surface area contributed by atoms with Gasteiger partial charge in [-0.05, 0) is 37.0 Å². The van der Waals surface area contributed by atoms with Gasteiger partial charge in [-0.15, -0.1) is 24.0 Å². The summed E-state index contributed by atoms with van der Waals surface area (Å²) >= 11 is 0. The van der Waals surface area contributed by atoms with Crippen molar-refractivity contribution in [3.8, 4) is 0 Å². The fourth-order valence-corrected chi connectivity index (χ4v) is 2.70. The lowest BCUT2D eigenvalue weighted by molar-refractivity contribution is 0.338. The Bertz CT molecular complexity index is 581. The molecule has 0 aliphatic carbocycles. The first-order valence-corrected chi connectivity index (χ1v) is 8.18. The Labute approximate surface area is 142 Å². The number of hydrogen-bond donors (Lipinski definition) is 2. The van der Waals surface area contributed by atoms with Crippen molar-refractivity contribution in [1.82, 2.24) is 4.90 Å². The van der Waals surface area contributed by atoms with E-state index in [1.54, 1.807) is 12.1 Å². The lowest BCUT2D eigenvalue weighted by Crippen LogP contribution is -2.40. The predicted molar refractivity (Wildman–Crippen MR) is 94.0 cm³/mol. The van der Waals surface area contributed by atoms with Crippen LogP contribution < -0.4 is 10.9 Å². The molecule has 0 saturated carbocycles. The zero-order valence-electron chi connectivity index (χ0n) is 11.7. The molecule has 118 valence electrons. The van der Waals surface area contributed by atoms with Gasteiger partial charge < -0.3 is 10.6 Å². The molecule has 0 amide bonds. The summed E-state index contributed by atoms with van der Waals surface area (Å²) in [6.07, 6.45) is 3.55. The summed E-state index contributed by atoms with van der Waals surface area (Å²) in [7, 11) is -3.64. The molecule has 1 saturated heterocycles. The van der Waals surface area contributed by atoms with Crippen molar-refractivity contribution in [2.24, 2.45) is 15.9 Å². The van der Waals surface area contributed by atoms with Crippen LogP contribution in [0, 0.1) is 0 Å². The quantitative estimate of drug-likeness (QED) is 0.433. The van der Waals surface area contributed by atoms with Crippen LogP contribution in [0.3, 0.4) is 0 Å². The van der Waals surface area contributed by atoms with Crippen LogP contribution >= 0.6 is 24.0 Å². The van der Waals surface area contributed by atoms with Crippen LogP contribution in [0.2, 0.25) is 0 Å². The number of primary sulfonamides is 1. The van der Waals surface area contributed by atoms with Gasteiger partial charge in [-0.1, -0.05) is 12.1 Å². The number of guanidine groups is 1. The van der Waals surface area contributed by atoms with Crippen LogP contribution in [-0.4, -0.2) is 32.4 Å². The second kappa shape index (κ2) is 7.95. The summed E-state index contributed by atoms with van der Waals surface area (Å²) in [5.41, 5.74) is 6.86. The number of hydrogen-bond acceptors (Lipinski definition) is 3. The van der Waals surface area contributed by atoms with Crippen LogP contribution in [0.25, 0.3) is 0 Å². The fourth-order valence-electron chi connectivity index (χ4n) is 2.18. The van der Waals surface area contributed by atoms with Crippen molar-refractivity contribution in [1.29, 1.82) is 0 Å². The maximum absolute atomic E-state index is 11.1. The first kappa shape index (κ1) is 18.2. The van der Waals surface area contributed by atoms with Crippen molar-refractivity contribution >= 4 is 40.0 Å². The second-order valence-electron chi connectivity index (χ2n) is 4.91. The number of piperidine rings is 1. The molecule has 1 aliphatic rings. The highest BCUT2D eigenvalue weighted by Crippen LogP contribution is 2.11. The summed E-state index contributed by atoms with van der Waals surface area (Å²) in [5.74, 6) is 0.556. The van der Waals surface area contributed by atoms with Gasteiger partial charge in [0.2, 0.25) is 10.0 Å². The first-order valence-electron chi connectivity index (χ1n) is 6.63. The van der Waals surface area contributed by atoms with E-state index in [0.29, 0.717) is 12.5 Å². The van der Waals surface area contributed by atoms with Crippen LogP contribution in [-0.2, 0) is 16.6 Å². The fraction of sp³-hybridized carbons (Fsp3) is 0.462. The molecule has 6 nitrogen and oxygen atoms in total. The highest BCUT2D eigenvalue weighted by Gasteiger charge is 2.11. The van der Waals surface area contributed by atoms with Crippen LogP contribution in [0.4, 0.5) is 0 Å². The van der Waals surface area contributed by atoms with Gasteiger partial charge in [-0.3, -0.25) is 0 Å². The molecular formula is C13H21IN4O2S. The third kappa shape index (κ3) is 5.44. The van der Waals surface area contributed by atoms with Crippen LogP contribution in [0.15, 0.2) is 34.2 Å². The smallest absolute Gasteiger partial charge is 0.238 e. The largest absolute Gasteiger partial charge is 0.370 e. The molecule has 0 unspecified atom stereocenters. The van der Waals surface area contributed by atoms with Gasteiger partial charge in [-0.2, -0.15) is 0 Å². The maximum Gasteiger partial charge on any atom is 0.238 e. The normalized spacial score (nSPS) is 16.4. The molecule has 0 radical (unpaired) electrons. The van der Waals surface area contributed by atoms with Gasteiger partial charge >= 0.3 is 0 Å². The number of rotatable bonds is 3. The number of nitrogens with zero attached hydrogens (tertiary/aromatic N) is 2. The second-order valence-corrected chi connectivity index (χ2v) is 6.47. The molecule has 1 aromatic carbocycles. The van der Waals surface area contributed by atoms with Gasteiger partial charge in [0, 0.05) is 13.1 Å². The van der Waals surface area contributed by atoms with E-state index in [4.69, 9.17) is 10.9 Å². The molecule has 21 heavy (non-hydrogen) atoms. The first-order chi connectivity index (χ1) is 9.47. The molecule has 0 bridgehead atoms. The number of benzene rings is 1. The molecule has 8 heteroatoms. The Morgan fingerprint density at radius 2 is 1.71 bits per heavy atom. The number of nitrogens with two attached hydrogens (primary N) is 2. The number of sulfonamides is 1. The molecule has 0 aromatic heterocycles. The SMILES string of the molecule is I.NC(=NCc1ccc(S(N)(=O)=O)cc1)N1CCCCC1. The zero-order chi connectivity index (χ0) is 14.6. The predicted octanol–water partition coefficient (Wildman–Crippen LogP) is 1.25. The Balaban J connectivity index is 0.00000220. The third-order valence-electron chi connectivity index (χ3n) is 3.36. The van der Waals surface area contributed by atoms with Gasteiger partial charge in [0.1, 0.15) is 0 Å². The molecule has 4 N–H and O–H groups in total. The molecule has 1 fully saturated rings. The molecule has 1 heterocycles. The van der Waals surface area contributed by atoms with Crippen molar-refractivity contribution in [2.45, 2.75) is 30.7 Å². The Morgan fingerprint density at radius 3 is 2.24 bits per heavy atom. The molecule has 0 atom stereocenters. The minimum atomic E-state index is -3.64. The minimum Gasteiger partial charge on any atom is -0.370 e. The number of halogens is 1. The lowest BCUT2D eigenvalue weighted by Gasteiger charge is -2.27. The summed E-state index contributed by atoms with van der Waals surface area (Å²) in [4.78, 5) is 6.54. The van der Waals surface area contributed by atoms with Crippen molar-refractivity contribution in [2.75, 3.05) is 13.1 Å². The monoisotopic (exact) mass is 424 g/mol. The molecule has 0 spiro atoms. The summed E-state index contributed by atoms with van der Waals surface area (Å²) in [5, 5.41) is 5.04. The van der Waals surface area contributed by atoms with Crippen molar-refractivity contribution < 1.29 is 8.42 Å². The van der Waals surface area contributed by atoms with Gasteiger partial charge in [0.05, 0.1) is 11.4 Å².